The second-order valence-corrected chi connectivity index (χ2v) is 6.36. The number of halogens is 3. The molecule has 4 aromatic rings. The Kier molecular flexibility index (Phi) is 5.19. The highest BCUT2D eigenvalue weighted by Gasteiger charge is 2.32. The predicted octanol–water partition coefficient (Wildman–Crippen LogP) is 3.92. The van der Waals surface area contributed by atoms with Crippen LogP contribution in [0.3, 0.4) is 0 Å². The van der Waals surface area contributed by atoms with Crippen molar-refractivity contribution in [3.8, 4) is 11.5 Å². The molecule has 0 unspecified atom stereocenters. The summed E-state index contributed by atoms with van der Waals surface area (Å²) in [5, 5.41) is 5.70. The lowest BCUT2D eigenvalue weighted by molar-refractivity contribution is -0.141. The lowest BCUT2D eigenvalue weighted by Gasteiger charge is -2.11. The number of imidazole rings is 1. The number of fused-ring (bicyclic) bond motifs is 1. The number of anilines is 3. The van der Waals surface area contributed by atoms with Crippen LogP contribution in [0.1, 0.15) is 19.0 Å². The van der Waals surface area contributed by atoms with Crippen molar-refractivity contribution < 1.29 is 18.0 Å². The van der Waals surface area contributed by atoms with Gasteiger partial charge < -0.3 is 15.6 Å². The van der Waals surface area contributed by atoms with Crippen LogP contribution in [-0.2, 0) is 11.0 Å². The Balaban J connectivity index is 1.72. The van der Waals surface area contributed by atoms with E-state index < -0.39 is 11.9 Å². The van der Waals surface area contributed by atoms with Gasteiger partial charge in [0.25, 0.3) is 0 Å². The molecule has 0 spiro atoms. The number of alkyl halides is 3. The van der Waals surface area contributed by atoms with Gasteiger partial charge in [-0.25, -0.2) is 24.9 Å². The summed E-state index contributed by atoms with van der Waals surface area (Å²) in [6.07, 6.45) is -1.40. The van der Waals surface area contributed by atoms with Crippen molar-refractivity contribution in [3.63, 3.8) is 0 Å². The number of H-pyrrole nitrogens is 1. The van der Waals surface area contributed by atoms with Gasteiger partial charge in [-0.15, -0.1) is 0 Å². The quantitative estimate of drug-likeness (QED) is 0.440. The molecular formula is C19H15F3N8O. The molecule has 1 amide bonds. The van der Waals surface area contributed by atoms with Crippen LogP contribution in [0.25, 0.3) is 22.7 Å². The van der Waals surface area contributed by atoms with E-state index in [-0.39, 0.29) is 28.9 Å². The fourth-order valence-corrected chi connectivity index (χ4v) is 2.70. The molecule has 9 nitrogen and oxygen atoms in total. The fourth-order valence-electron chi connectivity index (χ4n) is 2.70. The molecule has 4 heterocycles. The van der Waals surface area contributed by atoms with Crippen LogP contribution in [0.4, 0.5) is 30.5 Å². The van der Waals surface area contributed by atoms with Crippen LogP contribution in [0.15, 0.2) is 42.9 Å². The van der Waals surface area contributed by atoms with E-state index in [1.165, 1.54) is 24.7 Å². The second kappa shape index (κ2) is 7.97. The zero-order valence-corrected chi connectivity index (χ0v) is 16.0. The molecule has 31 heavy (non-hydrogen) atoms. The van der Waals surface area contributed by atoms with Crippen molar-refractivity contribution in [2.75, 3.05) is 10.6 Å². The summed E-state index contributed by atoms with van der Waals surface area (Å²) in [7, 11) is 0. The number of pyridine rings is 2. The van der Waals surface area contributed by atoms with Crippen molar-refractivity contribution in [2.24, 2.45) is 0 Å². The maximum absolute atomic E-state index is 13.0. The highest BCUT2D eigenvalue weighted by Crippen LogP contribution is 2.30. The summed E-state index contributed by atoms with van der Waals surface area (Å²) in [5.41, 5.74) is 0.148. The van der Waals surface area contributed by atoms with Gasteiger partial charge in [-0.05, 0) is 18.2 Å². The van der Waals surface area contributed by atoms with Crippen LogP contribution in [-0.4, -0.2) is 35.8 Å². The van der Waals surface area contributed by atoms with Crippen molar-refractivity contribution >= 4 is 34.4 Å². The van der Waals surface area contributed by atoms with E-state index in [1.54, 1.807) is 19.1 Å². The second-order valence-electron chi connectivity index (χ2n) is 6.36. The molecular weight excluding hydrogens is 413 g/mol. The van der Waals surface area contributed by atoms with Gasteiger partial charge >= 0.3 is 6.18 Å². The molecule has 0 saturated heterocycles. The average Bonchev–Trinajstić information content (AvgIpc) is 3.22. The summed E-state index contributed by atoms with van der Waals surface area (Å²) < 4.78 is 39.1. The van der Waals surface area contributed by atoms with Gasteiger partial charge in [-0.3, -0.25) is 4.79 Å². The van der Waals surface area contributed by atoms with Crippen molar-refractivity contribution in [3.05, 3.63) is 48.5 Å². The van der Waals surface area contributed by atoms with Crippen LogP contribution in [0.5, 0.6) is 0 Å². The largest absolute Gasteiger partial charge is 0.433 e. The number of aromatic amines is 1. The maximum Gasteiger partial charge on any atom is 0.433 e. The van der Waals surface area contributed by atoms with E-state index in [2.05, 4.69) is 40.5 Å². The number of aromatic nitrogens is 6. The minimum Gasteiger partial charge on any atom is -0.340 e. The molecule has 158 valence electrons. The topological polar surface area (TPSA) is 121 Å². The van der Waals surface area contributed by atoms with E-state index in [1.807, 2.05) is 0 Å². The number of rotatable bonds is 5. The summed E-state index contributed by atoms with van der Waals surface area (Å²) in [5.74, 6) is 0.393. The Morgan fingerprint density at radius 3 is 2.74 bits per heavy atom. The lowest BCUT2D eigenvalue weighted by Crippen LogP contribution is -2.11. The Hall–Kier alpha value is -4.09. The Morgan fingerprint density at radius 2 is 1.97 bits per heavy atom. The first-order valence-corrected chi connectivity index (χ1v) is 9.12. The number of hydrogen-bond donors (Lipinski definition) is 3. The SMILES string of the molecule is CCC(=O)Nc1cc(Nc2nc(-c3cccc(C(F)(F)F)n3)nc3nc[nH]c23)ccn1. The van der Waals surface area contributed by atoms with Crippen LogP contribution < -0.4 is 10.6 Å². The van der Waals surface area contributed by atoms with Crippen molar-refractivity contribution in [1.82, 2.24) is 29.9 Å². The number of nitrogens with zero attached hydrogens (tertiary/aromatic N) is 5. The average molecular weight is 428 g/mol. The first kappa shape index (κ1) is 20.2. The molecule has 0 radical (unpaired) electrons. The van der Waals surface area contributed by atoms with E-state index in [0.29, 0.717) is 23.4 Å². The van der Waals surface area contributed by atoms with Gasteiger partial charge in [-0.2, -0.15) is 13.2 Å². The molecule has 0 aliphatic rings. The van der Waals surface area contributed by atoms with E-state index >= 15 is 0 Å². The molecule has 0 atom stereocenters. The van der Waals surface area contributed by atoms with Gasteiger partial charge in [-0.1, -0.05) is 13.0 Å². The summed E-state index contributed by atoms with van der Waals surface area (Å²) >= 11 is 0. The molecule has 3 N–H and O–H groups in total. The number of amides is 1. The van der Waals surface area contributed by atoms with Crippen LogP contribution in [0.2, 0.25) is 0 Å². The molecule has 0 saturated carbocycles. The highest BCUT2D eigenvalue weighted by molar-refractivity contribution is 5.90. The molecule has 0 fully saturated rings. The first-order valence-electron chi connectivity index (χ1n) is 9.12. The molecule has 12 heteroatoms. The monoisotopic (exact) mass is 428 g/mol. The number of carbonyl (C=O) groups excluding carboxylic acids is 1. The predicted molar refractivity (Wildman–Crippen MR) is 106 cm³/mol. The zero-order chi connectivity index (χ0) is 22.0. The van der Waals surface area contributed by atoms with Crippen LogP contribution in [0, 0.1) is 0 Å². The smallest absolute Gasteiger partial charge is 0.340 e. The summed E-state index contributed by atoms with van der Waals surface area (Å²) in [6, 6.07) is 6.74. The van der Waals surface area contributed by atoms with Crippen molar-refractivity contribution in [1.29, 1.82) is 0 Å². The fraction of sp³-hybridized carbons (Fsp3) is 0.158. The summed E-state index contributed by atoms with van der Waals surface area (Å²) in [4.78, 5) is 34.8. The van der Waals surface area contributed by atoms with Crippen molar-refractivity contribution in [2.45, 2.75) is 19.5 Å². The highest BCUT2D eigenvalue weighted by atomic mass is 19.4. The summed E-state index contributed by atoms with van der Waals surface area (Å²) in [6.45, 7) is 1.72. The Morgan fingerprint density at radius 1 is 1.13 bits per heavy atom. The Bertz CT molecular complexity index is 1250. The van der Waals surface area contributed by atoms with Crippen LogP contribution >= 0.6 is 0 Å². The molecule has 0 aliphatic heterocycles. The van der Waals surface area contributed by atoms with E-state index in [9.17, 15) is 18.0 Å². The molecule has 0 aromatic carbocycles. The van der Waals surface area contributed by atoms with Gasteiger partial charge in [0.2, 0.25) is 5.91 Å². The van der Waals surface area contributed by atoms with Gasteiger partial charge in [0.15, 0.2) is 17.3 Å². The maximum atomic E-state index is 13.0. The Labute approximate surface area is 173 Å². The third-order valence-electron chi connectivity index (χ3n) is 4.17. The first-order chi connectivity index (χ1) is 14.8. The minimum atomic E-state index is -4.59. The lowest BCUT2D eigenvalue weighted by atomic mass is 10.2. The molecule has 4 rings (SSSR count). The van der Waals surface area contributed by atoms with E-state index in [4.69, 9.17) is 0 Å². The van der Waals surface area contributed by atoms with E-state index in [0.717, 1.165) is 6.07 Å². The number of carbonyl (C=O) groups is 1. The molecule has 4 aromatic heterocycles. The van der Waals surface area contributed by atoms with Gasteiger partial charge in [0, 0.05) is 24.4 Å². The number of hydrogen-bond acceptors (Lipinski definition) is 7. The zero-order valence-electron chi connectivity index (χ0n) is 16.0. The van der Waals surface area contributed by atoms with Gasteiger partial charge in [0.05, 0.1) is 6.33 Å². The normalized spacial score (nSPS) is 11.5. The van der Waals surface area contributed by atoms with Gasteiger partial charge in [0.1, 0.15) is 22.7 Å². The minimum absolute atomic E-state index is 0.0261. The third-order valence-corrected chi connectivity index (χ3v) is 4.17. The standard InChI is InChI=1S/C19H15F3N8O/c1-2-14(31)28-13-8-10(6-7-23-13)26-18-15-17(25-9-24-15)29-16(30-18)11-4-3-5-12(27-11)19(20,21)22/h3-9H,2H2,1H3,(H3,23,24,25,26,28,29,30,31). The molecule has 0 bridgehead atoms. The number of nitrogens with one attached hydrogen (secondary N) is 3. The third kappa shape index (κ3) is 4.42. The molecule has 0 aliphatic carbocycles.